The van der Waals surface area contributed by atoms with Crippen LogP contribution in [0.2, 0.25) is 0 Å². The molecule has 8 nitrogen and oxygen atoms in total. The number of sulfonamides is 1. The predicted octanol–water partition coefficient (Wildman–Crippen LogP) is 5.64. The highest BCUT2D eigenvalue weighted by molar-refractivity contribution is 7.98. The third kappa shape index (κ3) is 8.29. The number of aryl methyl sites for hydroxylation is 1. The van der Waals surface area contributed by atoms with Crippen molar-refractivity contribution in [2.45, 2.75) is 62.9 Å². The second kappa shape index (κ2) is 15.7. The summed E-state index contributed by atoms with van der Waals surface area (Å²) < 4.78 is 34.8. The number of carbonyl (C=O) groups excluding carboxylic acids is 2. The Balaban J connectivity index is 2.07. The zero-order valence-corrected chi connectivity index (χ0v) is 26.6. The smallest absolute Gasteiger partial charge is 0.264 e. The number of benzene rings is 3. The molecular formula is C32H41N3O5S2. The van der Waals surface area contributed by atoms with Crippen molar-refractivity contribution in [2.24, 2.45) is 0 Å². The highest BCUT2D eigenvalue weighted by Gasteiger charge is 2.33. The van der Waals surface area contributed by atoms with Gasteiger partial charge in [-0.15, -0.1) is 11.8 Å². The summed E-state index contributed by atoms with van der Waals surface area (Å²) >= 11 is 1.51. The summed E-state index contributed by atoms with van der Waals surface area (Å²) in [4.78, 5) is 29.9. The molecule has 0 aliphatic rings. The van der Waals surface area contributed by atoms with Gasteiger partial charge in [0.25, 0.3) is 10.0 Å². The standard InChI is InChI=1S/C32H41N3O5S2/c1-6-21-33-32(37)30(7-2)34(22-25-12-10-9-11-24(25)4)31(36)23-35(26-13-15-27(16-14-26)40-8-3)42(38,39)29-19-17-28(41-5)18-20-29/h9-20,30H,6-8,21-23H2,1-5H3,(H,33,37). The van der Waals surface area contributed by atoms with Gasteiger partial charge in [0, 0.05) is 18.0 Å². The molecule has 0 radical (unpaired) electrons. The molecule has 0 saturated heterocycles. The monoisotopic (exact) mass is 611 g/mol. The molecule has 10 heteroatoms. The number of nitrogens with one attached hydrogen (secondary N) is 1. The second-order valence-electron chi connectivity index (χ2n) is 9.78. The maximum Gasteiger partial charge on any atom is 0.264 e. The summed E-state index contributed by atoms with van der Waals surface area (Å²) in [5, 5.41) is 2.91. The lowest BCUT2D eigenvalue weighted by atomic mass is 10.1. The molecule has 1 unspecified atom stereocenters. The molecule has 2 amide bonds. The van der Waals surface area contributed by atoms with Gasteiger partial charge in [0.15, 0.2) is 0 Å². The van der Waals surface area contributed by atoms with Gasteiger partial charge in [0.05, 0.1) is 17.2 Å². The van der Waals surface area contributed by atoms with Gasteiger partial charge in [0.1, 0.15) is 18.3 Å². The van der Waals surface area contributed by atoms with Crippen molar-refractivity contribution in [3.8, 4) is 5.75 Å². The van der Waals surface area contributed by atoms with Gasteiger partial charge in [-0.2, -0.15) is 0 Å². The zero-order valence-electron chi connectivity index (χ0n) is 25.0. The Bertz CT molecular complexity index is 1430. The maximum absolute atomic E-state index is 14.2. The predicted molar refractivity (Wildman–Crippen MR) is 169 cm³/mol. The third-order valence-corrected chi connectivity index (χ3v) is 9.43. The number of thioether (sulfide) groups is 1. The lowest BCUT2D eigenvalue weighted by Crippen LogP contribution is -2.52. The van der Waals surface area contributed by atoms with Gasteiger partial charge in [-0.25, -0.2) is 8.42 Å². The van der Waals surface area contributed by atoms with Gasteiger partial charge in [0.2, 0.25) is 11.8 Å². The maximum atomic E-state index is 14.2. The Morgan fingerprint density at radius 2 is 1.62 bits per heavy atom. The average molecular weight is 612 g/mol. The zero-order chi connectivity index (χ0) is 30.7. The number of anilines is 1. The third-order valence-electron chi connectivity index (χ3n) is 6.90. The highest BCUT2D eigenvalue weighted by Crippen LogP contribution is 2.28. The van der Waals surface area contributed by atoms with Crippen LogP contribution in [0, 0.1) is 6.92 Å². The molecule has 3 rings (SSSR count). The van der Waals surface area contributed by atoms with E-state index in [1.807, 2.05) is 58.2 Å². The van der Waals surface area contributed by atoms with Crippen molar-refractivity contribution in [1.82, 2.24) is 10.2 Å². The van der Waals surface area contributed by atoms with Crippen molar-refractivity contribution in [2.75, 3.05) is 30.3 Å². The van der Waals surface area contributed by atoms with Crippen LogP contribution in [0.15, 0.2) is 82.6 Å². The summed E-state index contributed by atoms with van der Waals surface area (Å²) in [7, 11) is -4.15. The fraction of sp³-hybridized carbons (Fsp3) is 0.375. The van der Waals surface area contributed by atoms with Crippen molar-refractivity contribution in [1.29, 1.82) is 0 Å². The number of hydrogen-bond acceptors (Lipinski definition) is 6. The molecule has 226 valence electrons. The Morgan fingerprint density at radius 3 is 2.19 bits per heavy atom. The van der Waals surface area contributed by atoms with E-state index in [1.165, 1.54) is 16.7 Å². The molecular weight excluding hydrogens is 571 g/mol. The van der Waals surface area contributed by atoms with Crippen LogP contribution in [0.4, 0.5) is 5.69 Å². The van der Waals surface area contributed by atoms with Gasteiger partial charge >= 0.3 is 0 Å². The van der Waals surface area contributed by atoms with Gasteiger partial charge in [-0.3, -0.25) is 13.9 Å². The Hall–Kier alpha value is -3.50. The number of ether oxygens (including phenoxy) is 1. The molecule has 0 fully saturated rings. The first kappa shape index (κ1) is 33.0. The van der Waals surface area contributed by atoms with E-state index in [0.29, 0.717) is 31.0 Å². The van der Waals surface area contributed by atoms with E-state index < -0.39 is 28.5 Å². The Morgan fingerprint density at radius 1 is 0.952 bits per heavy atom. The van der Waals surface area contributed by atoms with Crippen LogP contribution in [0.5, 0.6) is 5.75 Å². The molecule has 3 aromatic rings. The van der Waals surface area contributed by atoms with Crippen LogP contribution in [0.25, 0.3) is 0 Å². The van der Waals surface area contributed by atoms with Crippen LogP contribution >= 0.6 is 11.8 Å². The summed E-state index contributed by atoms with van der Waals surface area (Å²) in [6, 6.07) is 20.1. The largest absolute Gasteiger partial charge is 0.494 e. The first-order valence-electron chi connectivity index (χ1n) is 14.2. The van der Waals surface area contributed by atoms with Crippen molar-refractivity contribution in [3.63, 3.8) is 0 Å². The summed E-state index contributed by atoms with van der Waals surface area (Å²) in [6.07, 6.45) is 3.05. The van der Waals surface area contributed by atoms with Crippen LogP contribution in [0.3, 0.4) is 0 Å². The number of nitrogens with zero attached hydrogens (tertiary/aromatic N) is 2. The highest BCUT2D eigenvalue weighted by atomic mass is 32.2. The van der Waals surface area contributed by atoms with Crippen LogP contribution < -0.4 is 14.4 Å². The topological polar surface area (TPSA) is 96.0 Å². The van der Waals surface area contributed by atoms with E-state index >= 15 is 0 Å². The molecule has 0 aliphatic carbocycles. The first-order valence-corrected chi connectivity index (χ1v) is 16.8. The molecule has 42 heavy (non-hydrogen) atoms. The second-order valence-corrected chi connectivity index (χ2v) is 12.5. The van der Waals surface area contributed by atoms with E-state index in [1.54, 1.807) is 48.5 Å². The first-order chi connectivity index (χ1) is 20.2. The average Bonchev–Trinajstić information content (AvgIpc) is 3.00. The van der Waals surface area contributed by atoms with E-state index in [4.69, 9.17) is 4.74 Å². The molecule has 1 atom stereocenters. The molecule has 0 aromatic heterocycles. The van der Waals surface area contributed by atoms with Crippen LogP contribution in [0.1, 0.15) is 44.7 Å². The molecule has 0 heterocycles. The normalized spacial score (nSPS) is 11.9. The number of rotatable bonds is 15. The lowest BCUT2D eigenvalue weighted by molar-refractivity contribution is -0.140. The lowest BCUT2D eigenvalue weighted by Gasteiger charge is -2.33. The minimum atomic E-state index is -4.15. The van der Waals surface area contributed by atoms with E-state index in [0.717, 1.165) is 26.7 Å². The number of carbonyl (C=O) groups is 2. The summed E-state index contributed by atoms with van der Waals surface area (Å²) in [5.41, 5.74) is 2.18. The minimum absolute atomic E-state index is 0.0696. The van der Waals surface area contributed by atoms with Crippen molar-refractivity contribution in [3.05, 3.63) is 83.9 Å². The van der Waals surface area contributed by atoms with Crippen LogP contribution in [-0.4, -0.2) is 57.1 Å². The van der Waals surface area contributed by atoms with Crippen LogP contribution in [-0.2, 0) is 26.2 Å². The molecule has 0 saturated carbocycles. The fourth-order valence-corrected chi connectivity index (χ4v) is 6.36. The van der Waals surface area contributed by atoms with Crippen molar-refractivity contribution >= 4 is 39.3 Å². The van der Waals surface area contributed by atoms with Gasteiger partial charge < -0.3 is 15.0 Å². The molecule has 0 aliphatic heterocycles. The summed E-state index contributed by atoms with van der Waals surface area (Å²) in [5.74, 6) is -0.145. The molecule has 1 N–H and O–H groups in total. The fourth-order valence-electron chi connectivity index (χ4n) is 4.54. The SMILES string of the molecule is CCCNC(=O)C(CC)N(Cc1ccccc1C)C(=O)CN(c1ccc(OCC)cc1)S(=O)(=O)c1ccc(SC)cc1. The summed E-state index contributed by atoms with van der Waals surface area (Å²) in [6.45, 7) is 8.27. The quantitative estimate of drug-likeness (QED) is 0.223. The molecule has 0 bridgehead atoms. The molecule has 0 spiro atoms. The van der Waals surface area contributed by atoms with E-state index in [-0.39, 0.29) is 17.3 Å². The van der Waals surface area contributed by atoms with E-state index in [9.17, 15) is 18.0 Å². The molecule has 3 aromatic carbocycles. The van der Waals surface area contributed by atoms with E-state index in [2.05, 4.69) is 5.32 Å². The minimum Gasteiger partial charge on any atom is -0.494 e. The Labute approximate surface area is 254 Å². The van der Waals surface area contributed by atoms with Crippen molar-refractivity contribution < 1.29 is 22.7 Å². The van der Waals surface area contributed by atoms with Gasteiger partial charge in [-0.05, 0) is 92.6 Å². The number of hydrogen-bond donors (Lipinski definition) is 1. The Kier molecular flexibility index (Phi) is 12.3. The number of amides is 2. The van der Waals surface area contributed by atoms with Gasteiger partial charge in [-0.1, -0.05) is 38.1 Å².